The van der Waals surface area contributed by atoms with E-state index in [9.17, 15) is 9.50 Å². The number of hydrogen-bond donors (Lipinski definition) is 2. The summed E-state index contributed by atoms with van der Waals surface area (Å²) in [5.74, 6) is -0.940. The van der Waals surface area contributed by atoms with Gasteiger partial charge in [-0.2, -0.15) is 5.26 Å². The summed E-state index contributed by atoms with van der Waals surface area (Å²) in [5.41, 5.74) is 0.302. The second-order valence-corrected chi connectivity index (χ2v) is 4.80. The SMILES string of the molecule is C=CC[C@H](c1ccc(F)c(C#N)c1O)N1CCNCC1.Cl.Cl. The number of aromatic hydroxyl groups is 1. The van der Waals surface area contributed by atoms with Gasteiger partial charge in [0.25, 0.3) is 0 Å². The molecule has 1 aliphatic heterocycles. The molecule has 7 heteroatoms. The molecule has 0 aliphatic carbocycles. The van der Waals surface area contributed by atoms with Gasteiger partial charge in [0.05, 0.1) is 0 Å². The predicted molar refractivity (Wildman–Crippen MR) is 89.3 cm³/mol. The highest BCUT2D eigenvalue weighted by molar-refractivity contribution is 5.85. The van der Waals surface area contributed by atoms with Crippen molar-refractivity contribution >= 4 is 24.8 Å². The van der Waals surface area contributed by atoms with Crippen LogP contribution in [0.1, 0.15) is 23.6 Å². The van der Waals surface area contributed by atoms with E-state index in [1.54, 1.807) is 18.2 Å². The number of phenols is 1. The van der Waals surface area contributed by atoms with Crippen LogP contribution in [-0.2, 0) is 0 Å². The van der Waals surface area contributed by atoms with Crippen molar-refractivity contribution in [2.24, 2.45) is 0 Å². The summed E-state index contributed by atoms with van der Waals surface area (Å²) in [4.78, 5) is 2.21. The van der Waals surface area contributed by atoms with Crippen LogP contribution in [0.3, 0.4) is 0 Å². The zero-order chi connectivity index (χ0) is 14.5. The Morgan fingerprint density at radius 1 is 1.41 bits per heavy atom. The summed E-state index contributed by atoms with van der Waals surface area (Å²) in [7, 11) is 0. The van der Waals surface area contributed by atoms with E-state index in [4.69, 9.17) is 5.26 Å². The summed E-state index contributed by atoms with van der Waals surface area (Å²) < 4.78 is 13.5. The minimum Gasteiger partial charge on any atom is -0.506 e. The molecule has 0 bridgehead atoms. The van der Waals surface area contributed by atoms with Crippen LogP contribution in [0.5, 0.6) is 5.75 Å². The van der Waals surface area contributed by atoms with Crippen LogP contribution in [0.4, 0.5) is 4.39 Å². The lowest BCUT2D eigenvalue weighted by atomic mass is 9.97. The summed E-state index contributed by atoms with van der Waals surface area (Å²) in [6.45, 7) is 7.19. The molecule has 1 fully saturated rings. The van der Waals surface area contributed by atoms with Gasteiger partial charge >= 0.3 is 0 Å². The molecule has 2 rings (SSSR count). The van der Waals surface area contributed by atoms with Gasteiger partial charge in [0.2, 0.25) is 0 Å². The third-order valence-corrected chi connectivity index (χ3v) is 3.61. The van der Waals surface area contributed by atoms with Crippen LogP contribution in [0.2, 0.25) is 0 Å². The number of nitriles is 1. The second-order valence-electron chi connectivity index (χ2n) is 4.80. The van der Waals surface area contributed by atoms with Crippen LogP contribution in [0.15, 0.2) is 24.8 Å². The van der Waals surface area contributed by atoms with Crippen LogP contribution < -0.4 is 5.32 Å². The maximum Gasteiger partial charge on any atom is 0.144 e. The summed E-state index contributed by atoms with van der Waals surface area (Å²) in [5, 5.41) is 22.4. The van der Waals surface area contributed by atoms with Crippen molar-refractivity contribution in [3.8, 4) is 11.8 Å². The van der Waals surface area contributed by atoms with Crippen molar-refractivity contribution in [3.05, 3.63) is 41.7 Å². The number of hydrogen-bond acceptors (Lipinski definition) is 4. The number of rotatable bonds is 4. The lowest BCUT2D eigenvalue weighted by Gasteiger charge is -2.35. The summed E-state index contributed by atoms with van der Waals surface area (Å²) in [6, 6.07) is 4.44. The van der Waals surface area contributed by atoms with Crippen molar-refractivity contribution in [3.63, 3.8) is 0 Å². The highest BCUT2D eigenvalue weighted by Crippen LogP contribution is 2.34. The third-order valence-electron chi connectivity index (χ3n) is 3.61. The largest absolute Gasteiger partial charge is 0.506 e. The fourth-order valence-electron chi connectivity index (χ4n) is 2.58. The van der Waals surface area contributed by atoms with Gasteiger partial charge in [-0.1, -0.05) is 12.1 Å². The number of piperazine rings is 1. The van der Waals surface area contributed by atoms with Crippen molar-refractivity contribution in [2.45, 2.75) is 12.5 Å². The van der Waals surface area contributed by atoms with E-state index in [1.807, 2.05) is 0 Å². The van der Waals surface area contributed by atoms with E-state index < -0.39 is 5.82 Å². The molecule has 2 N–H and O–H groups in total. The Balaban J connectivity index is 0.00000220. The molecule has 1 aromatic rings. The van der Waals surface area contributed by atoms with Crippen molar-refractivity contribution < 1.29 is 9.50 Å². The van der Waals surface area contributed by atoms with Gasteiger partial charge in [0.15, 0.2) is 0 Å². The van der Waals surface area contributed by atoms with E-state index in [0.717, 1.165) is 26.2 Å². The molecule has 0 saturated carbocycles. The molecule has 0 radical (unpaired) electrons. The van der Waals surface area contributed by atoms with Crippen molar-refractivity contribution in [1.29, 1.82) is 5.26 Å². The minimum atomic E-state index is -0.689. The summed E-state index contributed by atoms with van der Waals surface area (Å²) in [6.07, 6.45) is 2.42. The van der Waals surface area contributed by atoms with Crippen LogP contribution in [0, 0.1) is 17.1 Å². The number of nitrogens with one attached hydrogen (secondary N) is 1. The van der Waals surface area contributed by atoms with Crippen LogP contribution >= 0.6 is 24.8 Å². The van der Waals surface area contributed by atoms with Gasteiger partial charge in [0, 0.05) is 37.8 Å². The van der Waals surface area contributed by atoms with Gasteiger partial charge in [-0.3, -0.25) is 4.90 Å². The fourth-order valence-corrected chi connectivity index (χ4v) is 2.58. The molecule has 1 saturated heterocycles. The molecule has 0 amide bonds. The Labute approximate surface area is 142 Å². The first-order valence-corrected chi connectivity index (χ1v) is 6.66. The Morgan fingerprint density at radius 3 is 2.59 bits per heavy atom. The Morgan fingerprint density at radius 2 is 2.05 bits per heavy atom. The van der Waals surface area contributed by atoms with Gasteiger partial charge < -0.3 is 10.4 Å². The molecule has 4 nitrogen and oxygen atoms in total. The second kappa shape index (κ2) is 9.65. The first-order valence-electron chi connectivity index (χ1n) is 6.66. The Bertz CT molecular complexity index is 542. The lowest BCUT2D eigenvalue weighted by molar-refractivity contribution is 0.172. The monoisotopic (exact) mass is 347 g/mol. The summed E-state index contributed by atoms with van der Waals surface area (Å²) >= 11 is 0. The smallest absolute Gasteiger partial charge is 0.144 e. The standard InChI is InChI=1S/C15H18FN3O.2ClH/c1-2-3-14(19-8-6-18-7-9-19)11-4-5-13(16)12(10-17)15(11)20;;/h2,4-5,14,18,20H,1,3,6-9H2;2*1H/t14-;;/m1../s1. The number of phenolic OH excluding ortho intramolecular Hbond substituents is 1. The number of benzene rings is 1. The zero-order valence-corrected chi connectivity index (χ0v) is 13.7. The molecular formula is C15H20Cl2FN3O. The van der Waals surface area contributed by atoms with E-state index in [-0.39, 0.29) is 42.2 Å². The molecular weight excluding hydrogens is 328 g/mol. The molecule has 0 spiro atoms. The quantitative estimate of drug-likeness (QED) is 0.822. The maximum absolute atomic E-state index is 13.5. The molecule has 22 heavy (non-hydrogen) atoms. The average Bonchev–Trinajstić information content (AvgIpc) is 2.47. The van der Waals surface area contributed by atoms with E-state index in [0.29, 0.717) is 12.0 Å². The molecule has 0 unspecified atom stereocenters. The van der Waals surface area contributed by atoms with Crippen molar-refractivity contribution in [1.82, 2.24) is 10.2 Å². The molecule has 0 aromatic heterocycles. The van der Waals surface area contributed by atoms with Gasteiger partial charge in [-0.15, -0.1) is 31.4 Å². The highest BCUT2D eigenvalue weighted by Gasteiger charge is 2.25. The van der Waals surface area contributed by atoms with Crippen LogP contribution in [-0.4, -0.2) is 36.2 Å². The van der Waals surface area contributed by atoms with Crippen LogP contribution in [0.25, 0.3) is 0 Å². The van der Waals surface area contributed by atoms with E-state index in [2.05, 4.69) is 16.8 Å². The van der Waals surface area contributed by atoms with E-state index in [1.165, 1.54) is 6.07 Å². The van der Waals surface area contributed by atoms with Gasteiger partial charge in [0.1, 0.15) is 23.2 Å². The maximum atomic E-state index is 13.5. The third kappa shape index (κ3) is 4.34. The Kier molecular flexibility index (Phi) is 9.07. The fraction of sp³-hybridized carbons (Fsp3) is 0.400. The molecule has 1 heterocycles. The first-order chi connectivity index (χ1) is 9.69. The number of nitrogens with zero attached hydrogens (tertiary/aromatic N) is 2. The number of halogens is 3. The normalized spacial score (nSPS) is 15.8. The van der Waals surface area contributed by atoms with Gasteiger partial charge in [-0.25, -0.2) is 4.39 Å². The molecule has 1 atom stereocenters. The van der Waals surface area contributed by atoms with Gasteiger partial charge in [-0.05, 0) is 12.5 Å². The predicted octanol–water partition coefficient (Wildman–Crippen LogP) is 2.77. The first kappa shape index (κ1) is 20.7. The topological polar surface area (TPSA) is 59.3 Å². The average molecular weight is 348 g/mol. The molecule has 1 aliphatic rings. The van der Waals surface area contributed by atoms with Crippen molar-refractivity contribution in [2.75, 3.05) is 26.2 Å². The van der Waals surface area contributed by atoms with E-state index >= 15 is 0 Å². The molecule has 122 valence electrons. The highest BCUT2D eigenvalue weighted by atomic mass is 35.5. The minimum absolute atomic E-state index is 0. The zero-order valence-electron chi connectivity index (χ0n) is 12.1. The molecule has 1 aromatic carbocycles. The lowest BCUT2D eigenvalue weighted by Crippen LogP contribution is -2.45. The Hall–Kier alpha value is -1.32.